The fraction of sp³-hybridized carbons (Fsp3) is 0.0690. The van der Waals surface area contributed by atoms with E-state index in [0.29, 0.717) is 37.1 Å². The summed E-state index contributed by atoms with van der Waals surface area (Å²) in [6.07, 6.45) is 0. The van der Waals surface area contributed by atoms with E-state index in [1.165, 1.54) is 12.1 Å². The van der Waals surface area contributed by atoms with Crippen LogP contribution in [-0.4, -0.2) is 14.2 Å². The second kappa shape index (κ2) is 12.3. The Bertz CT molecular complexity index is 1520. The van der Waals surface area contributed by atoms with Crippen LogP contribution in [0.4, 0.5) is 0 Å². The molecule has 4 rings (SSSR count). The van der Waals surface area contributed by atoms with Gasteiger partial charge in [0.1, 0.15) is 17.3 Å². The summed E-state index contributed by atoms with van der Waals surface area (Å²) in [5, 5.41) is 0.949. The van der Waals surface area contributed by atoms with Crippen LogP contribution in [-0.2, 0) is 22.2 Å². The number of ether oxygens (including phenoxy) is 1. The maximum absolute atomic E-state index is 13.6. The van der Waals surface area contributed by atoms with E-state index >= 15 is 0 Å². The van der Waals surface area contributed by atoms with Crippen molar-refractivity contribution in [3.05, 3.63) is 140 Å². The molecule has 0 radical (unpaired) electrons. The summed E-state index contributed by atoms with van der Waals surface area (Å²) in [6.45, 7) is 0.406. The van der Waals surface area contributed by atoms with E-state index in [-0.39, 0.29) is 16.2 Å². The lowest BCUT2D eigenvalue weighted by molar-refractivity contribution is 0.104. The molecule has 0 N–H and O–H groups in total. The van der Waals surface area contributed by atoms with E-state index in [2.05, 4.69) is 0 Å². The molecule has 37 heavy (non-hydrogen) atoms. The van der Waals surface area contributed by atoms with Crippen molar-refractivity contribution in [1.82, 2.24) is 0 Å². The van der Waals surface area contributed by atoms with Gasteiger partial charge in [-0.3, -0.25) is 4.79 Å². The Morgan fingerprint density at radius 1 is 0.703 bits per heavy atom. The zero-order valence-corrected chi connectivity index (χ0v) is 23.9. The van der Waals surface area contributed by atoms with Crippen molar-refractivity contribution in [3.8, 4) is 5.75 Å². The maximum Gasteiger partial charge on any atom is 0.205 e. The summed E-state index contributed by atoms with van der Waals surface area (Å²) in [6, 6.07) is 29.4. The quantitative estimate of drug-likeness (QED) is 0.103. The first-order chi connectivity index (χ1) is 17.7. The molecular weight excluding hydrogens is 642 g/mol. The molecule has 0 aliphatic carbocycles. The van der Waals surface area contributed by atoms with Gasteiger partial charge in [0.05, 0.1) is 5.75 Å². The Hall–Kier alpha value is -2.65. The fourth-order valence-electron chi connectivity index (χ4n) is 3.55. The number of carbonyl (C=O) groups is 1. The molecule has 0 amide bonds. The molecule has 0 unspecified atom stereocenters. The lowest BCUT2D eigenvalue weighted by Crippen LogP contribution is -2.17. The Balaban J connectivity index is 1.69. The third-order valence-corrected chi connectivity index (χ3v) is 9.21. The van der Waals surface area contributed by atoms with Crippen LogP contribution < -0.4 is 4.74 Å². The second-order valence-corrected chi connectivity index (χ2v) is 12.0. The monoisotopic (exact) mass is 662 g/mol. The normalized spacial score (nSPS) is 12.1. The minimum atomic E-state index is -4.03. The van der Waals surface area contributed by atoms with E-state index in [1.807, 2.05) is 52.9 Å². The first kappa shape index (κ1) is 27.4. The van der Waals surface area contributed by atoms with Gasteiger partial charge in [-0.1, -0.05) is 77.8 Å². The van der Waals surface area contributed by atoms with Crippen LogP contribution in [0.15, 0.2) is 108 Å². The Morgan fingerprint density at radius 2 is 1.24 bits per heavy atom. The summed E-state index contributed by atoms with van der Waals surface area (Å²) in [7, 11) is -4.03. The number of rotatable bonds is 9. The van der Waals surface area contributed by atoms with Crippen LogP contribution in [0.1, 0.15) is 27.0 Å². The van der Waals surface area contributed by atoms with Crippen molar-refractivity contribution in [2.45, 2.75) is 12.4 Å². The third-order valence-electron chi connectivity index (χ3n) is 5.45. The van der Waals surface area contributed by atoms with Crippen LogP contribution in [0.3, 0.4) is 0 Å². The van der Waals surface area contributed by atoms with E-state index in [1.54, 1.807) is 60.7 Å². The highest BCUT2D eigenvalue weighted by Gasteiger charge is 2.30. The number of ketones is 1. The number of benzene rings is 4. The average Bonchev–Trinajstić information content (AvgIpc) is 2.90. The molecule has 0 saturated carbocycles. The molecule has 0 bridgehead atoms. The number of hydrogen-bond donors (Lipinski definition) is 0. The molecule has 4 aromatic carbocycles. The first-order valence-electron chi connectivity index (χ1n) is 11.2. The molecule has 188 valence electrons. The molecule has 0 atom stereocenters. The number of halogens is 3. The van der Waals surface area contributed by atoms with Gasteiger partial charge in [0.2, 0.25) is 5.78 Å². The second-order valence-electron chi connectivity index (χ2n) is 8.16. The highest BCUT2D eigenvalue weighted by Crippen LogP contribution is 2.34. The van der Waals surface area contributed by atoms with Crippen molar-refractivity contribution in [2.75, 3.05) is 0 Å². The van der Waals surface area contributed by atoms with Gasteiger partial charge >= 0.3 is 0 Å². The van der Waals surface area contributed by atoms with Gasteiger partial charge in [-0.05, 0) is 87.8 Å². The van der Waals surface area contributed by atoms with Gasteiger partial charge in [-0.25, -0.2) is 8.42 Å². The third kappa shape index (κ3) is 7.23. The van der Waals surface area contributed by atoms with Crippen LogP contribution >= 0.6 is 45.8 Å². The minimum absolute atomic E-state index is 0.232. The van der Waals surface area contributed by atoms with E-state index in [9.17, 15) is 13.2 Å². The smallest absolute Gasteiger partial charge is 0.205 e. The number of Topliss-reactive ketones (excluding diaryl/α,β-unsaturated/α-hetero) is 1. The average molecular weight is 663 g/mol. The minimum Gasteiger partial charge on any atom is -0.489 e. The Labute approximate surface area is 240 Å². The van der Waals surface area contributed by atoms with Crippen molar-refractivity contribution in [1.29, 1.82) is 0 Å². The van der Waals surface area contributed by atoms with Crippen LogP contribution in [0, 0.1) is 0 Å². The van der Waals surface area contributed by atoms with Crippen molar-refractivity contribution < 1.29 is 17.9 Å². The topological polar surface area (TPSA) is 60.4 Å². The van der Waals surface area contributed by atoms with Gasteiger partial charge in [-0.15, -0.1) is 0 Å². The van der Waals surface area contributed by atoms with E-state index < -0.39 is 15.6 Å². The van der Waals surface area contributed by atoms with Gasteiger partial charge in [0.15, 0.2) is 9.84 Å². The predicted molar refractivity (Wildman–Crippen MR) is 158 cm³/mol. The predicted octanol–water partition coefficient (Wildman–Crippen LogP) is 8.17. The molecule has 0 aromatic heterocycles. The molecule has 4 nitrogen and oxygen atoms in total. The van der Waals surface area contributed by atoms with Crippen LogP contribution in [0.25, 0.3) is 3.58 Å². The van der Waals surface area contributed by atoms with Gasteiger partial charge < -0.3 is 4.74 Å². The fourth-order valence-corrected chi connectivity index (χ4v) is 6.98. The zero-order chi connectivity index (χ0) is 26.4. The molecular formula is C29H21Cl2IO4S. The molecule has 0 aliphatic rings. The van der Waals surface area contributed by atoms with Gasteiger partial charge in [0, 0.05) is 19.2 Å². The van der Waals surface area contributed by atoms with Crippen molar-refractivity contribution in [2.24, 2.45) is 0 Å². The lowest BCUT2D eigenvalue weighted by Gasteiger charge is -2.13. The Morgan fingerprint density at radius 3 is 1.84 bits per heavy atom. The first-order valence-corrected chi connectivity index (χ1v) is 14.7. The molecule has 0 aliphatic heterocycles. The van der Waals surface area contributed by atoms with Crippen LogP contribution in [0.5, 0.6) is 5.75 Å². The van der Waals surface area contributed by atoms with Gasteiger partial charge in [0.25, 0.3) is 0 Å². The standard InChI is InChI=1S/C29H21Cl2IO4S/c30-24-12-6-21(7-13-24)19-37(34,35)29(28(33)23-8-14-25(31)15-9-23)27(32)22-10-16-26(17-11-22)36-18-20-4-2-1-3-5-20/h1-17H,18-19H2. The molecule has 0 heterocycles. The largest absolute Gasteiger partial charge is 0.489 e. The number of carbonyl (C=O) groups excluding carboxylic acids is 1. The van der Waals surface area contributed by atoms with Crippen molar-refractivity contribution >= 4 is 65.0 Å². The highest BCUT2D eigenvalue weighted by atomic mass is 127. The van der Waals surface area contributed by atoms with E-state index in [0.717, 1.165) is 5.56 Å². The summed E-state index contributed by atoms with van der Waals surface area (Å²) in [4.78, 5) is 13.3. The van der Waals surface area contributed by atoms with Crippen LogP contribution in [0.2, 0.25) is 10.0 Å². The summed E-state index contributed by atoms with van der Waals surface area (Å²) in [5.74, 6) is -0.310. The molecule has 4 aromatic rings. The molecule has 0 fully saturated rings. The number of sulfone groups is 1. The summed E-state index contributed by atoms with van der Waals surface area (Å²) < 4.78 is 33.4. The SMILES string of the molecule is O=C(C(=C(I)c1ccc(OCc2ccccc2)cc1)S(=O)(=O)Cc1ccc(Cl)cc1)c1ccc(Cl)cc1. The summed E-state index contributed by atoms with van der Waals surface area (Å²) >= 11 is 13.9. The zero-order valence-electron chi connectivity index (χ0n) is 19.4. The number of hydrogen-bond acceptors (Lipinski definition) is 4. The van der Waals surface area contributed by atoms with Gasteiger partial charge in [-0.2, -0.15) is 0 Å². The van der Waals surface area contributed by atoms with Crippen molar-refractivity contribution in [3.63, 3.8) is 0 Å². The lowest BCUT2D eigenvalue weighted by atomic mass is 10.1. The Kier molecular flexibility index (Phi) is 9.08. The molecule has 0 spiro atoms. The van der Waals surface area contributed by atoms with E-state index in [4.69, 9.17) is 27.9 Å². The molecule has 0 saturated heterocycles. The number of allylic oxidation sites excluding steroid dienone is 1. The maximum atomic E-state index is 13.6. The highest BCUT2D eigenvalue weighted by molar-refractivity contribution is 14.1. The molecule has 8 heteroatoms. The summed E-state index contributed by atoms with van der Waals surface area (Å²) in [5.41, 5.74) is 2.38.